The van der Waals surface area contributed by atoms with Crippen LogP contribution in [0.5, 0.6) is 17.2 Å². The first-order valence-electron chi connectivity index (χ1n) is 8.70. The Morgan fingerprint density at radius 1 is 1.10 bits per heavy atom. The van der Waals surface area contributed by atoms with E-state index in [1.807, 2.05) is 0 Å². The van der Waals surface area contributed by atoms with Crippen LogP contribution < -0.4 is 19.9 Å². The summed E-state index contributed by atoms with van der Waals surface area (Å²) in [6.45, 7) is -0.198. The number of carbonyl (C=O) groups excluding carboxylic acids is 1. The minimum Gasteiger partial charge on any atom is -0.484 e. The van der Waals surface area contributed by atoms with Crippen molar-refractivity contribution in [3.05, 3.63) is 78.4 Å². The summed E-state index contributed by atoms with van der Waals surface area (Å²) in [5.74, 6) is -0.241. The van der Waals surface area contributed by atoms with E-state index < -0.39 is 21.7 Å². The zero-order chi connectivity index (χ0) is 21.6. The van der Waals surface area contributed by atoms with Crippen molar-refractivity contribution >= 4 is 15.9 Å². The maximum Gasteiger partial charge on any atom is 0.258 e. The lowest BCUT2D eigenvalue weighted by atomic mass is 10.2. The molecule has 0 aliphatic heterocycles. The molecule has 1 amide bonds. The summed E-state index contributed by atoms with van der Waals surface area (Å²) < 4.78 is 47.3. The van der Waals surface area contributed by atoms with Gasteiger partial charge in [0.25, 0.3) is 5.91 Å². The molecule has 8 nitrogen and oxygen atoms in total. The van der Waals surface area contributed by atoms with E-state index in [1.165, 1.54) is 42.6 Å². The molecular weight excluding hydrogens is 413 g/mol. The number of aromatic nitrogens is 1. The first kappa shape index (κ1) is 21.2. The van der Waals surface area contributed by atoms with Gasteiger partial charge < -0.3 is 14.8 Å². The molecular formula is C20H18FN3O5S. The van der Waals surface area contributed by atoms with Crippen molar-refractivity contribution in [3.63, 3.8) is 0 Å². The predicted octanol–water partition coefficient (Wildman–Crippen LogP) is 2.36. The molecule has 156 valence electrons. The van der Waals surface area contributed by atoms with Crippen LogP contribution in [0.2, 0.25) is 0 Å². The molecule has 10 heteroatoms. The maximum absolute atomic E-state index is 14.2. The van der Waals surface area contributed by atoms with Gasteiger partial charge in [-0.25, -0.2) is 17.9 Å². The highest BCUT2D eigenvalue weighted by Crippen LogP contribution is 2.24. The molecule has 0 atom stereocenters. The Kier molecular flexibility index (Phi) is 6.60. The quantitative estimate of drug-likeness (QED) is 0.565. The number of hydrogen-bond donors (Lipinski definition) is 2. The number of carbonyl (C=O) groups is 1. The molecule has 3 N–H and O–H groups in total. The second-order valence-electron chi connectivity index (χ2n) is 6.14. The number of amides is 1. The van der Waals surface area contributed by atoms with Gasteiger partial charge in [-0.2, -0.15) is 0 Å². The minimum atomic E-state index is -3.79. The van der Waals surface area contributed by atoms with Crippen molar-refractivity contribution in [2.45, 2.75) is 11.4 Å². The van der Waals surface area contributed by atoms with Gasteiger partial charge in [-0.15, -0.1) is 0 Å². The minimum absolute atomic E-state index is 0.0457. The second kappa shape index (κ2) is 9.33. The Morgan fingerprint density at radius 2 is 1.87 bits per heavy atom. The molecule has 2 aromatic carbocycles. The molecule has 0 aliphatic carbocycles. The fourth-order valence-corrected chi connectivity index (χ4v) is 2.91. The lowest BCUT2D eigenvalue weighted by Crippen LogP contribution is -2.28. The molecule has 0 unspecified atom stereocenters. The third kappa shape index (κ3) is 6.00. The Labute approximate surface area is 172 Å². The van der Waals surface area contributed by atoms with E-state index in [1.54, 1.807) is 24.4 Å². The van der Waals surface area contributed by atoms with Crippen LogP contribution >= 0.6 is 0 Å². The number of nitrogens with two attached hydrogens (primary N) is 1. The van der Waals surface area contributed by atoms with Gasteiger partial charge in [-0.05, 0) is 54.1 Å². The van der Waals surface area contributed by atoms with Crippen LogP contribution in [-0.2, 0) is 21.4 Å². The highest BCUT2D eigenvalue weighted by Gasteiger charge is 2.10. The number of nitrogens with zero attached hydrogens (tertiary/aromatic N) is 1. The van der Waals surface area contributed by atoms with Crippen LogP contribution in [0.1, 0.15) is 5.56 Å². The molecule has 3 rings (SSSR count). The summed E-state index contributed by atoms with van der Waals surface area (Å²) in [4.78, 5) is 15.8. The number of sulfonamides is 1. The predicted molar refractivity (Wildman–Crippen MR) is 106 cm³/mol. The van der Waals surface area contributed by atoms with Crippen LogP contribution in [0.4, 0.5) is 4.39 Å². The standard InChI is InChI=1S/C20H18FN3O5S/c21-18-10-14(3-8-19(18)29-16-2-1-9-23-12-16)11-24-20(25)13-28-15-4-6-17(7-5-15)30(22,26)27/h1-10,12H,11,13H2,(H,24,25)(H2,22,26,27). The van der Waals surface area contributed by atoms with E-state index in [9.17, 15) is 17.6 Å². The Bertz CT molecular complexity index is 1120. The number of primary sulfonamides is 1. The lowest BCUT2D eigenvalue weighted by Gasteiger charge is -2.10. The molecule has 0 spiro atoms. The van der Waals surface area contributed by atoms with Gasteiger partial charge in [0.2, 0.25) is 10.0 Å². The second-order valence-corrected chi connectivity index (χ2v) is 7.70. The van der Waals surface area contributed by atoms with Crippen molar-refractivity contribution in [1.82, 2.24) is 10.3 Å². The van der Waals surface area contributed by atoms with Gasteiger partial charge in [0.05, 0.1) is 11.1 Å². The van der Waals surface area contributed by atoms with Crippen LogP contribution in [0.3, 0.4) is 0 Å². The molecule has 30 heavy (non-hydrogen) atoms. The van der Waals surface area contributed by atoms with Crippen LogP contribution in [0.25, 0.3) is 0 Å². The van der Waals surface area contributed by atoms with Crippen molar-refractivity contribution in [2.24, 2.45) is 5.14 Å². The van der Waals surface area contributed by atoms with E-state index in [-0.39, 0.29) is 23.8 Å². The molecule has 0 saturated carbocycles. The Balaban J connectivity index is 1.49. The van der Waals surface area contributed by atoms with E-state index in [0.29, 0.717) is 17.1 Å². The van der Waals surface area contributed by atoms with E-state index in [0.717, 1.165) is 0 Å². The van der Waals surface area contributed by atoms with Gasteiger partial charge in [-0.3, -0.25) is 9.78 Å². The van der Waals surface area contributed by atoms with E-state index in [4.69, 9.17) is 14.6 Å². The monoisotopic (exact) mass is 431 g/mol. The van der Waals surface area contributed by atoms with Gasteiger partial charge in [0.15, 0.2) is 18.2 Å². The van der Waals surface area contributed by atoms with Crippen molar-refractivity contribution in [3.8, 4) is 17.2 Å². The summed E-state index contributed by atoms with van der Waals surface area (Å²) in [5.41, 5.74) is 0.539. The first-order valence-corrected chi connectivity index (χ1v) is 10.2. The molecule has 1 aromatic heterocycles. The summed E-state index contributed by atoms with van der Waals surface area (Å²) in [6, 6.07) is 13.0. The summed E-state index contributed by atoms with van der Waals surface area (Å²) >= 11 is 0. The fraction of sp³-hybridized carbons (Fsp3) is 0.100. The third-order valence-electron chi connectivity index (χ3n) is 3.87. The summed E-state index contributed by atoms with van der Waals surface area (Å²) in [5, 5.41) is 7.62. The average Bonchev–Trinajstić information content (AvgIpc) is 2.73. The molecule has 0 aliphatic rings. The largest absolute Gasteiger partial charge is 0.484 e. The lowest BCUT2D eigenvalue weighted by molar-refractivity contribution is -0.123. The highest BCUT2D eigenvalue weighted by molar-refractivity contribution is 7.89. The molecule has 0 radical (unpaired) electrons. The SMILES string of the molecule is NS(=O)(=O)c1ccc(OCC(=O)NCc2ccc(Oc3cccnc3)c(F)c2)cc1. The topological polar surface area (TPSA) is 121 Å². The number of rotatable bonds is 8. The maximum atomic E-state index is 14.2. The highest BCUT2D eigenvalue weighted by atomic mass is 32.2. The van der Waals surface area contributed by atoms with Crippen LogP contribution in [-0.4, -0.2) is 25.9 Å². The smallest absolute Gasteiger partial charge is 0.258 e. The normalized spacial score (nSPS) is 11.0. The molecule has 0 saturated heterocycles. The average molecular weight is 431 g/mol. The molecule has 0 bridgehead atoms. The van der Waals surface area contributed by atoms with Crippen molar-refractivity contribution in [2.75, 3.05) is 6.61 Å². The Hall–Kier alpha value is -3.50. The number of ether oxygens (including phenoxy) is 2. The van der Waals surface area contributed by atoms with Crippen molar-refractivity contribution in [1.29, 1.82) is 0 Å². The number of halogens is 1. The summed E-state index contributed by atoms with van der Waals surface area (Å²) in [6.07, 6.45) is 3.05. The molecule has 1 heterocycles. The van der Waals surface area contributed by atoms with Crippen molar-refractivity contribution < 1.29 is 27.1 Å². The number of nitrogens with one attached hydrogen (secondary N) is 1. The van der Waals surface area contributed by atoms with Crippen LogP contribution in [0.15, 0.2) is 71.9 Å². The fourth-order valence-electron chi connectivity index (χ4n) is 2.40. The van der Waals surface area contributed by atoms with Gasteiger partial charge in [-0.1, -0.05) is 6.07 Å². The van der Waals surface area contributed by atoms with Gasteiger partial charge in [0, 0.05) is 12.7 Å². The van der Waals surface area contributed by atoms with Gasteiger partial charge >= 0.3 is 0 Å². The molecule has 0 fully saturated rings. The zero-order valence-corrected chi connectivity index (χ0v) is 16.4. The number of benzene rings is 2. The number of pyridine rings is 1. The van der Waals surface area contributed by atoms with Crippen LogP contribution in [0, 0.1) is 5.82 Å². The zero-order valence-electron chi connectivity index (χ0n) is 15.6. The van der Waals surface area contributed by atoms with E-state index >= 15 is 0 Å². The van der Waals surface area contributed by atoms with E-state index in [2.05, 4.69) is 10.3 Å². The Morgan fingerprint density at radius 3 is 2.50 bits per heavy atom. The van der Waals surface area contributed by atoms with Gasteiger partial charge in [0.1, 0.15) is 11.5 Å². The summed E-state index contributed by atoms with van der Waals surface area (Å²) in [7, 11) is -3.79. The number of hydrogen-bond acceptors (Lipinski definition) is 6. The third-order valence-corrected chi connectivity index (χ3v) is 4.80. The molecule has 3 aromatic rings. The first-order chi connectivity index (χ1) is 14.3.